The molecular weight excluding hydrogens is 629 g/mol. The number of aromatic nitrogens is 1. The van der Waals surface area contributed by atoms with E-state index in [4.69, 9.17) is 4.42 Å². The normalized spacial score (nSPS) is 12.0. The molecule has 0 aliphatic carbocycles. The Bertz CT molecular complexity index is 3110. The van der Waals surface area contributed by atoms with Crippen LogP contribution < -0.4 is 4.90 Å². The van der Waals surface area contributed by atoms with Crippen molar-refractivity contribution in [1.29, 1.82) is 0 Å². The van der Waals surface area contributed by atoms with Gasteiger partial charge in [0.05, 0.1) is 22.4 Å². The predicted octanol–water partition coefficient (Wildman–Crippen LogP) is 13.7. The lowest BCUT2D eigenvalue weighted by Crippen LogP contribution is -2.12. The Labute approximate surface area is 291 Å². The van der Waals surface area contributed by atoms with E-state index in [0.717, 1.165) is 44.7 Å². The van der Waals surface area contributed by atoms with Gasteiger partial charge >= 0.3 is 0 Å². The summed E-state index contributed by atoms with van der Waals surface area (Å²) in [5.41, 5.74) is 8.66. The average Bonchev–Trinajstić information content (AvgIpc) is 3.86. The van der Waals surface area contributed by atoms with Crippen LogP contribution in [0.3, 0.4) is 0 Å². The maximum absolute atomic E-state index is 6.37. The highest BCUT2D eigenvalue weighted by Crippen LogP contribution is 2.49. The Balaban J connectivity index is 1.30. The molecule has 0 aliphatic heterocycles. The molecule has 0 saturated carbocycles. The van der Waals surface area contributed by atoms with Crippen molar-refractivity contribution in [3.8, 4) is 5.69 Å². The number of anilines is 3. The molecule has 50 heavy (non-hydrogen) atoms. The number of rotatable bonds is 4. The van der Waals surface area contributed by atoms with Crippen molar-refractivity contribution in [1.82, 2.24) is 4.57 Å². The Morgan fingerprint density at radius 1 is 0.460 bits per heavy atom. The molecule has 0 fully saturated rings. The van der Waals surface area contributed by atoms with Gasteiger partial charge in [-0.15, -0.1) is 11.3 Å². The molecule has 0 spiro atoms. The first-order valence-corrected chi connectivity index (χ1v) is 17.8. The van der Waals surface area contributed by atoms with E-state index in [2.05, 4.69) is 173 Å². The lowest BCUT2D eigenvalue weighted by Gasteiger charge is -2.28. The SMILES string of the molecule is c1ccc(-n2c3ccccc3c3cccc(N(c4ccc5ccc6oc7ccccc7c6c5c4)c4cccc5sc6ccccc6c45)c32)cc1. The molecule has 0 aliphatic rings. The van der Waals surface area contributed by atoms with E-state index >= 15 is 0 Å². The van der Waals surface area contributed by atoms with Gasteiger partial charge in [0.1, 0.15) is 11.2 Å². The quantitative estimate of drug-likeness (QED) is 0.188. The number of thiophene rings is 1. The molecule has 0 unspecified atom stereocenters. The molecule has 0 atom stereocenters. The number of fused-ring (bicyclic) bond motifs is 11. The molecule has 0 bridgehead atoms. The van der Waals surface area contributed by atoms with Gasteiger partial charge in [0.2, 0.25) is 0 Å². The largest absolute Gasteiger partial charge is 0.456 e. The molecule has 11 aromatic rings. The van der Waals surface area contributed by atoms with Gasteiger partial charge in [-0.05, 0) is 77.5 Å². The molecule has 3 nitrogen and oxygen atoms in total. The molecule has 8 aromatic carbocycles. The van der Waals surface area contributed by atoms with Crippen LogP contribution in [0.2, 0.25) is 0 Å². The van der Waals surface area contributed by atoms with Crippen LogP contribution in [0.25, 0.3) is 80.4 Å². The summed E-state index contributed by atoms with van der Waals surface area (Å²) in [6.07, 6.45) is 0. The van der Waals surface area contributed by atoms with E-state index in [1.54, 1.807) is 0 Å². The minimum Gasteiger partial charge on any atom is -0.456 e. The minimum atomic E-state index is 0.902. The van der Waals surface area contributed by atoms with Gasteiger partial charge in [-0.1, -0.05) is 103 Å². The van der Waals surface area contributed by atoms with E-state index in [-0.39, 0.29) is 0 Å². The third-order valence-corrected chi connectivity index (χ3v) is 11.3. The second-order valence-electron chi connectivity index (χ2n) is 12.9. The van der Waals surface area contributed by atoms with Gasteiger partial charge in [0.25, 0.3) is 0 Å². The third kappa shape index (κ3) is 3.91. The topological polar surface area (TPSA) is 21.3 Å². The van der Waals surface area contributed by atoms with E-state index in [1.165, 1.54) is 52.8 Å². The van der Waals surface area contributed by atoms with Crippen LogP contribution in [-0.2, 0) is 0 Å². The molecular formula is C46H28N2OS. The van der Waals surface area contributed by atoms with Gasteiger partial charge in [-0.2, -0.15) is 0 Å². The van der Waals surface area contributed by atoms with Crippen molar-refractivity contribution >= 4 is 103 Å². The molecule has 11 rings (SSSR count). The van der Waals surface area contributed by atoms with Gasteiger partial charge < -0.3 is 13.9 Å². The van der Waals surface area contributed by atoms with Crippen LogP contribution in [0.1, 0.15) is 0 Å². The summed E-state index contributed by atoms with van der Waals surface area (Å²) in [6.45, 7) is 0. The zero-order valence-corrected chi connectivity index (χ0v) is 27.7. The third-order valence-electron chi connectivity index (χ3n) is 10.2. The van der Waals surface area contributed by atoms with E-state index in [0.29, 0.717) is 0 Å². The van der Waals surface area contributed by atoms with Gasteiger partial charge in [0.15, 0.2) is 0 Å². The fraction of sp³-hybridized carbons (Fsp3) is 0. The molecule has 0 saturated heterocycles. The highest BCUT2D eigenvalue weighted by Gasteiger charge is 2.24. The van der Waals surface area contributed by atoms with E-state index in [1.807, 2.05) is 17.4 Å². The predicted molar refractivity (Wildman–Crippen MR) is 213 cm³/mol. The fourth-order valence-corrected chi connectivity index (χ4v) is 9.17. The number of nitrogens with zero attached hydrogens (tertiary/aromatic N) is 2. The molecule has 0 amide bonds. The summed E-state index contributed by atoms with van der Waals surface area (Å²) >= 11 is 1.85. The highest BCUT2D eigenvalue weighted by molar-refractivity contribution is 7.26. The average molecular weight is 657 g/mol. The zero-order chi connectivity index (χ0) is 32.8. The standard InChI is InChI=1S/C46H28N2OS/c1-2-12-30(13-3-1)48-37-18-7-4-14-32(37)33-17-10-20-39(46(33)48)47(38-19-11-23-43-45(38)35-16-6-9-22-42(35)50-43)31-26-24-29-25-27-41-44(36(29)28-31)34-15-5-8-21-40(34)49-41/h1-28H. The monoisotopic (exact) mass is 656 g/mol. The zero-order valence-electron chi connectivity index (χ0n) is 26.9. The summed E-state index contributed by atoms with van der Waals surface area (Å²) in [4.78, 5) is 2.49. The fourth-order valence-electron chi connectivity index (χ4n) is 8.05. The van der Waals surface area contributed by atoms with Crippen LogP contribution in [0.5, 0.6) is 0 Å². The number of hydrogen-bond acceptors (Lipinski definition) is 3. The Hall–Kier alpha value is -6.36. The summed E-state index contributed by atoms with van der Waals surface area (Å²) in [5, 5.41) is 9.63. The summed E-state index contributed by atoms with van der Waals surface area (Å²) in [5.74, 6) is 0. The first kappa shape index (κ1) is 27.6. The number of benzene rings is 8. The molecule has 3 heterocycles. The Morgan fingerprint density at radius 2 is 1.16 bits per heavy atom. The van der Waals surface area contributed by atoms with Crippen molar-refractivity contribution in [2.75, 3.05) is 4.90 Å². The molecule has 4 heteroatoms. The van der Waals surface area contributed by atoms with Crippen LogP contribution in [0, 0.1) is 0 Å². The van der Waals surface area contributed by atoms with Crippen LogP contribution in [0.15, 0.2) is 174 Å². The van der Waals surface area contributed by atoms with Crippen molar-refractivity contribution in [3.05, 3.63) is 170 Å². The maximum atomic E-state index is 6.37. The highest BCUT2D eigenvalue weighted by atomic mass is 32.1. The number of hydrogen-bond donors (Lipinski definition) is 0. The van der Waals surface area contributed by atoms with Crippen molar-refractivity contribution < 1.29 is 4.42 Å². The van der Waals surface area contributed by atoms with Crippen molar-refractivity contribution in [2.45, 2.75) is 0 Å². The van der Waals surface area contributed by atoms with Crippen LogP contribution in [-0.4, -0.2) is 4.57 Å². The van der Waals surface area contributed by atoms with Gasteiger partial charge in [-0.3, -0.25) is 0 Å². The van der Waals surface area contributed by atoms with Crippen molar-refractivity contribution in [2.24, 2.45) is 0 Å². The summed E-state index contributed by atoms with van der Waals surface area (Å²) in [6, 6.07) is 61.3. The molecule has 0 radical (unpaired) electrons. The number of furan rings is 1. The van der Waals surface area contributed by atoms with Crippen LogP contribution >= 0.6 is 11.3 Å². The Kier molecular flexibility index (Phi) is 5.83. The molecule has 3 aromatic heterocycles. The molecule has 0 N–H and O–H groups in total. The smallest absolute Gasteiger partial charge is 0.136 e. The van der Waals surface area contributed by atoms with E-state index in [9.17, 15) is 0 Å². The van der Waals surface area contributed by atoms with E-state index < -0.39 is 0 Å². The lowest BCUT2D eigenvalue weighted by molar-refractivity contribution is 0.669. The number of para-hydroxylation sites is 4. The first-order valence-electron chi connectivity index (χ1n) is 16.9. The Morgan fingerprint density at radius 3 is 2.08 bits per heavy atom. The summed E-state index contributed by atoms with van der Waals surface area (Å²) < 4.78 is 11.4. The van der Waals surface area contributed by atoms with Crippen LogP contribution in [0.4, 0.5) is 17.1 Å². The second kappa shape index (κ2) is 10.6. The lowest BCUT2D eigenvalue weighted by atomic mass is 10.0. The second-order valence-corrected chi connectivity index (χ2v) is 14.0. The minimum absolute atomic E-state index is 0.902. The van der Waals surface area contributed by atoms with Crippen molar-refractivity contribution in [3.63, 3.8) is 0 Å². The summed E-state index contributed by atoms with van der Waals surface area (Å²) in [7, 11) is 0. The van der Waals surface area contributed by atoms with Gasteiger partial charge in [0, 0.05) is 53.1 Å². The van der Waals surface area contributed by atoms with Gasteiger partial charge in [-0.25, -0.2) is 0 Å². The maximum Gasteiger partial charge on any atom is 0.136 e. The molecule has 234 valence electrons. The first-order chi connectivity index (χ1) is 24.8.